The highest BCUT2D eigenvalue weighted by Crippen LogP contribution is 2.33. The molecule has 100 valence electrons. The largest absolute Gasteiger partial charge is 0.380 e. The van der Waals surface area contributed by atoms with Crippen molar-refractivity contribution in [3.8, 4) is 0 Å². The molecule has 1 atom stereocenters. The summed E-state index contributed by atoms with van der Waals surface area (Å²) >= 11 is 0. The maximum atomic E-state index is 12.3. The molecule has 0 saturated heterocycles. The summed E-state index contributed by atoms with van der Waals surface area (Å²) in [4.78, 5) is 0.448. The van der Waals surface area contributed by atoms with Gasteiger partial charge in [-0.2, -0.15) is 0 Å². The Bertz CT molecular complexity index is 552. The highest BCUT2D eigenvalue weighted by molar-refractivity contribution is 7.91. The predicted molar refractivity (Wildman–Crippen MR) is 73.7 cm³/mol. The monoisotopic (exact) mass is 268 g/mol. The Morgan fingerprint density at radius 1 is 1.39 bits per heavy atom. The van der Waals surface area contributed by atoms with Gasteiger partial charge in [0.15, 0.2) is 9.84 Å². The lowest BCUT2D eigenvalue weighted by molar-refractivity contribution is 0.574. The van der Waals surface area contributed by atoms with Crippen molar-refractivity contribution in [3.63, 3.8) is 0 Å². The van der Waals surface area contributed by atoms with E-state index in [9.17, 15) is 8.42 Å². The predicted octanol–water partition coefficient (Wildman–Crippen LogP) is 1.61. The topological polar surface area (TPSA) is 72.2 Å². The van der Waals surface area contributed by atoms with E-state index in [0.29, 0.717) is 11.4 Å². The molecule has 2 rings (SSSR count). The summed E-state index contributed by atoms with van der Waals surface area (Å²) in [6, 6.07) is 3.74. The first-order valence-corrected chi connectivity index (χ1v) is 7.90. The summed E-state index contributed by atoms with van der Waals surface area (Å²) in [7, 11) is -3.17. The summed E-state index contributed by atoms with van der Waals surface area (Å²) in [6.45, 7) is 4.46. The Labute approximate surface area is 108 Å². The molecule has 3 N–H and O–H groups in total. The second-order valence-corrected chi connectivity index (χ2v) is 7.01. The first kappa shape index (κ1) is 13.4. The highest BCUT2D eigenvalue weighted by atomic mass is 32.2. The fourth-order valence-corrected chi connectivity index (χ4v) is 4.33. The van der Waals surface area contributed by atoms with E-state index < -0.39 is 9.84 Å². The van der Waals surface area contributed by atoms with Gasteiger partial charge >= 0.3 is 0 Å². The van der Waals surface area contributed by atoms with Crippen LogP contribution in [-0.2, 0) is 9.84 Å². The molecule has 0 aromatic heterocycles. The van der Waals surface area contributed by atoms with Crippen molar-refractivity contribution in [2.75, 3.05) is 17.6 Å². The van der Waals surface area contributed by atoms with E-state index in [1.165, 1.54) is 0 Å². The van der Waals surface area contributed by atoms with Crippen molar-refractivity contribution in [3.05, 3.63) is 23.3 Å². The number of nitrogens with one attached hydrogen (secondary N) is 1. The maximum Gasteiger partial charge on any atom is 0.182 e. The molecule has 0 amide bonds. The maximum absolute atomic E-state index is 12.3. The number of nitrogens with two attached hydrogens (primary N) is 1. The van der Waals surface area contributed by atoms with Gasteiger partial charge in [-0.25, -0.2) is 8.42 Å². The molecule has 1 aromatic rings. The first-order valence-electron chi connectivity index (χ1n) is 6.24. The number of fused-ring (bicyclic) bond motifs is 1. The van der Waals surface area contributed by atoms with Crippen molar-refractivity contribution in [1.82, 2.24) is 0 Å². The van der Waals surface area contributed by atoms with Crippen LogP contribution < -0.4 is 11.1 Å². The van der Waals surface area contributed by atoms with Crippen LogP contribution in [0.25, 0.3) is 0 Å². The van der Waals surface area contributed by atoms with Gasteiger partial charge in [-0.1, -0.05) is 6.07 Å². The molecule has 0 fully saturated rings. The van der Waals surface area contributed by atoms with Crippen molar-refractivity contribution in [2.24, 2.45) is 5.73 Å². The molecular weight excluding hydrogens is 248 g/mol. The fraction of sp³-hybridized carbons (Fsp3) is 0.538. The number of anilines is 1. The SMILES string of the molecule is Cc1cc(C)c2c(c1)S(=O)(=O)CC(CCCN)N2. The normalized spacial score (nSPS) is 21.2. The van der Waals surface area contributed by atoms with Gasteiger partial charge < -0.3 is 11.1 Å². The lowest BCUT2D eigenvalue weighted by Crippen LogP contribution is -2.35. The molecule has 1 aliphatic rings. The number of hydrogen-bond acceptors (Lipinski definition) is 4. The summed E-state index contributed by atoms with van der Waals surface area (Å²) < 4.78 is 24.6. The zero-order valence-corrected chi connectivity index (χ0v) is 11.7. The summed E-state index contributed by atoms with van der Waals surface area (Å²) in [5.74, 6) is 0.170. The minimum Gasteiger partial charge on any atom is -0.380 e. The first-order chi connectivity index (χ1) is 8.44. The highest BCUT2D eigenvalue weighted by Gasteiger charge is 2.30. The lowest BCUT2D eigenvalue weighted by atomic mass is 10.1. The molecule has 0 radical (unpaired) electrons. The van der Waals surface area contributed by atoms with Crippen LogP contribution in [0.4, 0.5) is 5.69 Å². The van der Waals surface area contributed by atoms with E-state index in [1.807, 2.05) is 19.9 Å². The van der Waals surface area contributed by atoms with Crippen LogP contribution in [0.1, 0.15) is 24.0 Å². The molecule has 1 aliphatic heterocycles. The van der Waals surface area contributed by atoms with Gasteiger partial charge in [0.2, 0.25) is 0 Å². The average molecular weight is 268 g/mol. The second-order valence-electron chi connectivity index (χ2n) is 5.01. The molecule has 0 aliphatic carbocycles. The molecule has 4 nitrogen and oxygen atoms in total. The molecule has 0 saturated carbocycles. The molecule has 1 unspecified atom stereocenters. The van der Waals surface area contributed by atoms with Crippen molar-refractivity contribution < 1.29 is 8.42 Å². The van der Waals surface area contributed by atoms with Crippen LogP contribution in [0.15, 0.2) is 17.0 Å². The van der Waals surface area contributed by atoms with Crippen LogP contribution in [-0.4, -0.2) is 26.8 Å². The number of sulfone groups is 1. The van der Waals surface area contributed by atoms with Gasteiger partial charge in [0.25, 0.3) is 0 Å². The van der Waals surface area contributed by atoms with Crippen molar-refractivity contribution in [1.29, 1.82) is 0 Å². The second kappa shape index (κ2) is 4.90. The number of benzene rings is 1. The van der Waals surface area contributed by atoms with E-state index in [-0.39, 0.29) is 11.8 Å². The molecule has 1 aromatic carbocycles. The minimum atomic E-state index is -3.17. The molecule has 18 heavy (non-hydrogen) atoms. The van der Waals surface area contributed by atoms with Crippen LogP contribution in [0.2, 0.25) is 0 Å². The molecule has 1 heterocycles. The molecular formula is C13H20N2O2S. The third-order valence-corrected chi connectivity index (χ3v) is 5.14. The average Bonchev–Trinajstić information content (AvgIpc) is 2.27. The fourth-order valence-electron chi connectivity index (χ4n) is 2.48. The number of rotatable bonds is 3. The Kier molecular flexibility index (Phi) is 3.64. The van der Waals surface area contributed by atoms with Gasteiger partial charge in [0.05, 0.1) is 16.3 Å². The van der Waals surface area contributed by atoms with E-state index in [4.69, 9.17) is 5.73 Å². The van der Waals surface area contributed by atoms with Crippen LogP contribution >= 0.6 is 0 Å². The third kappa shape index (κ3) is 2.52. The van der Waals surface area contributed by atoms with Crippen LogP contribution in [0.5, 0.6) is 0 Å². The van der Waals surface area contributed by atoms with Gasteiger partial charge in [-0.15, -0.1) is 0 Å². The lowest BCUT2D eigenvalue weighted by Gasteiger charge is -2.28. The smallest absolute Gasteiger partial charge is 0.182 e. The quantitative estimate of drug-likeness (QED) is 0.873. The van der Waals surface area contributed by atoms with Gasteiger partial charge in [0, 0.05) is 6.04 Å². The summed E-state index contributed by atoms with van der Waals surface area (Å²) in [5.41, 5.74) is 8.23. The molecule has 0 bridgehead atoms. The molecule has 0 spiro atoms. The Morgan fingerprint density at radius 2 is 2.11 bits per heavy atom. The molecule has 5 heteroatoms. The van der Waals surface area contributed by atoms with E-state index in [2.05, 4.69) is 5.32 Å². The number of hydrogen-bond donors (Lipinski definition) is 2. The van der Waals surface area contributed by atoms with E-state index in [1.54, 1.807) is 6.07 Å². The zero-order chi connectivity index (χ0) is 13.3. The summed E-state index contributed by atoms with van der Waals surface area (Å²) in [6.07, 6.45) is 1.63. The van der Waals surface area contributed by atoms with Crippen LogP contribution in [0, 0.1) is 13.8 Å². The van der Waals surface area contributed by atoms with E-state index in [0.717, 1.165) is 29.7 Å². The van der Waals surface area contributed by atoms with E-state index >= 15 is 0 Å². The van der Waals surface area contributed by atoms with Crippen molar-refractivity contribution in [2.45, 2.75) is 37.6 Å². The zero-order valence-electron chi connectivity index (χ0n) is 10.9. The third-order valence-electron chi connectivity index (χ3n) is 3.30. The summed E-state index contributed by atoms with van der Waals surface area (Å²) in [5, 5.41) is 3.35. The number of aryl methyl sites for hydroxylation is 2. The standard InChI is InChI=1S/C13H20N2O2S/c1-9-6-10(2)13-12(7-9)18(16,17)8-11(15-13)4-3-5-14/h6-7,11,15H,3-5,8,14H2,1-2H3. The Morgan fingerprint density at radius 3 is 2.78 bits per heavy atom. The van der Waals surface area contributed by atoms with Gasteiger partial charge in [-0.3, -0.25) is 0 Å². The van der Waals surface area contributed by atoms with Gasteiger partial charge in [-0.05, 0) is 50.4 Å². The Hall–Kier alpha value is -1.07. The minimum absolute atomic E-state index is 0.0209. The Balaban J connectivity index is 2.41. The van der Waals surface area contributed by atoms with Gasteiger partial charge in [0.1, 0.15) is 0 Å². The van der Waals surface area contributed by atoms with Crippen molar-refractivity contribution >= 4 is 15.5 Å². The van der Waals surface area contributed by atoms with Crippen LogP contribution in [0.3, 0.4) is 0 Å².